The number of para-hydroxylation sites is 1. The molecule has 1 unspecified atom stereocenters. The van der Waals surface area contributed by atoms with Crippen molar-refractivity contribution < 1.29 is 4.79 Å². The average Bonchev–Trinajstić information content (AvgIpc) is 3.04. The Hall–Kier alpha value is -1.72. The first-order valence-corrected chi connectivity index (χ1v) is 7.61. The highest BCUT2D eigenvalue weighted by molar-refractivity contribution is 7.09. The van der Waals surface area contributed by atoms with E-state index in [2.05, 4.69) is 11.1 Å². The van der Waals surface area contributed by atoms with Gasteiger partial charge >= 0.3 is 0 Å². The summed E-state index contributed by atoms with van der Waals surface area (Å²) < 4.78 is 0. The van der Waals surface area contributed by atoms with Gasteiger partial charge in [0.2, 0.25) is 0 Å². The molecule has 1 aliphatic heterocycles. The fraction of sp³-hybridized carbons (Fsp3) is 0.333. The summed E-state index contributed by atoms with van der Waals surface area (Å²) in [4.78, 5) is 18.8. The number of amides is 1. The fourth-order valence-corrected chi connectivity index (χ4v) is 3.32. The Morgan fingerprint density at radius 1 is 1.50 bits per heavy atom. The SMILES string of the molecule is Cc1nc(C(=O)N2CC(CCN)c3ccccc32)cs1. The third-order valence-corrected chi connectivity index (χ3v) is 4.44. The van der Waals surface area contributed by atoms with Crippen LogP contribution < -0.4 is 10.6 Å². The van der Waals surface area contributed by atoms with Gasteiger partial charge in [0.1, 0.15) is 5.69 Å². The molecule has 2 heterocycles. The van der Waals surface area contributed by atoms with Gasteiger partial charge in [-0.1, -0.05) is 18.2 Å². The average molecular weight is 287 g/mol. The van der Waals surface area contributed by atoms with Crippen LogP contribution in [0.5, 0.6) is 0 Å². The second-order valence-corrected chi connectivity index (χ2v) is 6.06. The van der Waals surface area contributed by atoms with Gasteiger partial charge in [0, 0.05) is 23.5 Å². The van der Waals surface area contributed by atoms with E-state index in [-0.39, 0.29) is 5.91 Å². The van der Waals surface area contributed by atoms with Gasteiger partial charge in [0.25, 0.3) is 5.91 Å². The molecule has 4 nitrogen and oxygen atoms in total. The van der Waals surface area contributed by atoms with Gasteiger partial charge in [0.05, 0.1) is 5.01 Å². The molecule has 1 aromatic carbocycles. The third kappa shape index (κ3) is 2.23. The van der Waals surface area contributed by atoms with Crippen LogP contribution in [0, 0.1) is 6.92 Å². The first-order valence-electron chi connectivity index (χ1n) is 6.73. The van der Waals surface area contributed by atoms with Crippen LogP contribution in [0.1, 0.15) is 33.4 Å². The van der Waals surface area contributed by atoms with Crippen molar-refractivity contribution in [3.63, 3.8) is 0 Å². The second-order valence-electron chi connectivity index (χ2n) is 5.00. The van der Waals surface area contributed by atoms with E-state index in [1.54, 1.807) is 0 Å². The normalized spacial score (nSPS) is 17.3. The number of anilines is 1. The number of aryl methyl sites for hydroxylation is 1. The van der Waals surface area contributed by atoms with Crippen LogP contribution in [0.25, 0.3) is 0 Å². The predicted molar refractivity (Wildman–Crippen MR) is 81.4 cm³/mol. The number of carbonyl (C=O) groups is 1. The van der Waals surface area contributed by atoms with E-state index in [1.807, 2.05) is 35.4 Å². The number of thiazole rings is 1. The zero-order valence-electron chi connectivity index (χ0n) is 11.4. The number of benzene rings is 1. The van der Waals surface area contributed by atoms with Gasteiger partial charge in [-0.15, -0.1) is 11.3 Å². The summed E-state index contributed by atoms with van der Waals surface area (Å²) in [6.45, 7) is 3.25. The smallest absolute Gasteiger partial charge is 0.277 e. The molecule has 2 aromatic rings. The molecule has 0 saturated heterocycles. The highest BCUT2D eigenvalue weighted by atomic mass is 32.1. The summed E-state index contributed by atoms with van der Waals surface area (Å²) in [7, 11) is 0. The number of carbonyl (C=O) groups excluding carboxylic acids is 1. The van der Waals surface area contributed by atoms with Crippen molar-refractivity contribution in [1.82, 2.24) is 4.98 Å². The molecule has 1 aliphatic rings. The van der Waals surface area contributed by atoms with E-state index < -0.39 is 0 Å². The summed E-state index contributed by atoms with van der Waals surface area (Å²) in [6.07, 6.45) is 0.900. The molecule has 0 bridgehead atoms. The predicted octanol–water partition coefficient (Wildman–Crippen LogP) is 2.54. The van der Waals surface area contributed by atoms with Crippen molar-refractivity contribution in [2.75, 3.05) is 18.0 Å². The van der Waals surface area contributed by atoms with E-state index in [9.17, 15) is 4.79 Å². The van der Waals surface area contributed by atoms with E-state index in [1.165, 1.54) is 16.9 Å². The first-order chi connectivity index (χ1) is 9.70. The summed E-state index contributed by atoms with van der Waals surface area (Å²) in [6, 6.07) is 8.08. The molecule has 0 spiro atoms. The van der Waals surface area contributed by atoms with E-state index in [0.29, 0.717) is 24.7 Å². The highest BCUT2D eigenvalue weighted by Crippen LogP contribution is 2.38. The van der Waals surface area contributed by atoms with Gasteiger partial charge < -0.3 is 10.6 Å². The minimum Gasteiger partial charge on any atom is -0.330 e. The van der Waals surface area contributed by atoms with Gasteiger partial charge in [0.15, 0.2) is 0 Å². The zero-order valence-corrected chi connectivity index (χ0v) is 12.2. The van der Waals surface area contributed by atoms with Crippen molar-refractivity contribution in [3.05, 3.63) is 45.9 Å². The quantitative estimate of drug-likeness (QED) is 0.943. The second kappa shape index (κ2) is 5.34. The van der Waals surface area contributed by atoms with Crippen LogP contribution in [0.15, 0.2) is 29.6 Å². The lowest BCUT2D eigenvalue weighted by Crippen LogP contribution is -2.30. The van der Waals surface area contributed by atoms with Crippen molar-refractivity contribution in [3.8, 4) is 0 Å². The molecule has 1 aromatic heterocycles. The fourth-order valence-electron chi connectivity index (χ4n) is 2.74. The molecule has 2 N–H and O–H groups in total. The Labute approximate surface area is 122 Å². The van der Waals surface area contributed by atoms with Crippen molar-refractivity contribution >= 4 is 22.9 Å². The molecule has 0 radical (unpaired) electrons. The number of aromatic nitrogens is 1. The number of hydrogen-bond donors (Lipinski definition) is 1. The van der Waals surface area contributed by atoms with Crippen molar-refractivity contribution in [2.24, 2.45) is 5.73 Å². The molecule has 0 aliphatic carbocycles. The van der Waals surface area contributed by atoms with Crippen molar-refractivity contribution in [2.45, 2.75) is 19.3 Å². The molecule has 0 saturated carbocycles. The minimum absolute atomic E-state index is 0.0127. The Bertz CT molecular complexity index is 638. The molecule has 5 heteroatoms. The summed E-state index contributed by atoms with van der Waals surface area (Å²) in [5.41, 5.74) is 8.45. The Kier molecular flexibility index (Phi) is 3.54. The maximum atomic E-state index is 12.6. The van der Waals surface area contributed by atoms with E-state index in [4.69, 9.17) is 5.73 Å². The number of rotatable bonds is 3. The van der Waals surface area contributed by atoms with Crippen LogP contribution in [-0.4, -0.2) is 24.0 Å². The Balaban J connectivity index is 1.93. The minimum atomic E-state index is -0.0127. The maximum absolute atomic E-state index is 12.6. The van der Waals surface area contributed by atoms with E-state index in [0.717, 1.165) is 17.1 Å². The van der Waals surface area contributed by atoms with Crippen LogP contribution in [0.2, 0.25) is 0 Å². The molecule has 1 amide bonds. The summed E-state index contributed by atoms with van der Waals surface area (Å²) in [5.74, 6) is 0.321. The highest BCUT2D eigenvalue weighted by Gasteiger charge is 2.32. The lowest BCUT2D eigenvalue weighted by atomic mass is 9.98. The number of nitrogens with two attached hydrogens (primary N) is 1. The van der Waals surface area contributed by atoms with Crippen molar-refractivity contribution in [1.29, 1.82) is 0 Å². The van der Waals surface area contributed by atoms with Crippen LogP contribution >= 0.6 is 11.3 Å². The summed E-state index contributed by atoms with van der Waals surface area (Å²) >= 11 is 1.51. The molecule has 3 rings (SSSR count). The number of hydrogen-bond acceptors (Lipinski definition) is 4. The van der Waals surface area contributed by atoms with Gasteiger partial charge in [-0.3, -0.25) is 4.79 Å². The van der Waals surface area contributed by atoms with Crippen LogP contribution in [0.4, 0.5) is 5.69 Å². The van der Waals surface area contributed by atoms with Crippen LogP contribution in [0.3, 0.4) is 0 Å². The molecule has 1 atom stereocenters. The molecule has 20 heavy (non-hydrogen) atoms. The molecular weight excluding hydrogens is 270 g/mol. The zero-order chi connectivity index (χ0) is 14.1. The van der Waals surface area contributed by atoms with Gasteiger partial charge in [-0.25, -0.2) is 4.98 Å². The number of nitrogens with zero attached hydrogens (tertiary/aromatic N) is 2. The lowest BCUT2D eigenvalue weighted by Gasteiger charge is -2.16. The molecular formula is C15H17N3OS. The first kappa shape index (κ1) is 13.3. The standard InChI is InChI=1S/C15H17N3OS/c1-10-17-13(9-20-10)15(19)18-8-11(6-7-16)12-4-2-3-5-14(12)18/h2-5,9,11H,6-8,16H2,1H3. The Morgan fingerprint density at radius 2 is 2.30 bits per heavy atom. The van der Waals surface area contributed by atoms with Gasteiger partial charge in [-0.2, -0.15) is 0 Å². The van der Waals surface area contributed by atoms with E-state index >= 15 is 0 Å². The summed E-state index contributed by atoms with van der Waals surface area (Å²) in [5, 5.41) is 2.75. The third-order valence-electron chi connectivity index (χ3n) is 3.67. The van der Waals surface area contributed by atoms with Gasteiger partial charge in [-0.05, 0) is 31.5 Å². The topological polar surface area (TPSA) is 59.2 Å². The monoisotopic (exact) mass is 287 g/mol. The number of fused-ring (bicyclic) bond motifs is 1. The van der Waals surface area contributed by atoms with Crippen LogP contribution in [-0.2, 0) is 0 Å². The maximum Gasteiger partial charge on any atom is 0.277 e. The molecule has 0 fully saturated rings. The Morgan fingerprint density at radius 3 is 3.00 bits per heavy atom. The lowest BCUT2D eigenvalue weighted by molar-refractivity contribution is 0.0983. The molecule has 104 valence electrons. The largest absolute Gasteiger partial charge is 0.330 e.